The minimum Gasteiger partial charge on any atom is -0.316 e. The van der Waals surface area contributed by atoms with E-state index in [0.29, 0.717) is 0 Å². The summed E-state index contributed by atoms with van der Waals surface area (Å²) in [5.41, 5.74) is 9.29. The Morgan fingerprint density at radius 2 is 1.00 bits per heavy atom. The highest BCUT2D eigenvalue weighted by molar-refractivity contribution is 6.19. The number of hydrogen-bond donors (Lipinski definition) is 0. The molecule has 0 fully saturated rings. The van der Waals surface area contributed by atoms with Gasteiger partial charge in [0.2, 0.25) is 0 Å². The molecule has 0 atom stereocenters. The van der Waals surface area contributed by atoms with E-state index >= 15 is 0 Å². The van der Waals surface area contributed by atoms with Crippen LogP contribution in [0.2, 0.25) is 0 Å². The van der Waals surface area contributed by atoms with Crippen molar-refractivity contribution in [1.82, 2.24) is 9.13 Å². The van der Waals surface area contributed by atoms with Gasteiger partial charge in [0, 0.05) is 50.8 Å². The number of aromatic nitrogens is 2. The van der Waals surface area contributed by atoms with E-state index in [1.54, 1.807) is 0 Å². The van der Waals surface area contributed by atoms with Gasteiger partial charge in [-0.25, -0.2) is 0 Å². The van der Waals surface area contributed by atoms with E-state index in [0.717, 1.165) is 28.4 Å². The number of rotatable bonds is 5. The van der Waals surface area contributed by atoms with Crippen molar-refractivity contribution in [3.05, 3.63) is 176 Å². The van der Waals surface area contributed by atoms with Crippen LogP contribution in [0.15, 0.2) is 176 Å². The van der Waals surface area contributed by atoms with Gasteiger partial charge in [-0.3, -0.25) is 0 Å². The molecule has 7 aromatic carbocycles. The molecule has 0 N–H and O–H groups in total. The van der Waals surface area contributed by atoms with Crippen molar-refractivity contribution in [2.45, 2.75) is 0 Å². The third kappa shape index (κ3) is 4.13. The van der Waals surface area contributed by atoms with Gasteiger partial charge in [0.05, 0.1) is 16.6 Å². The normalized spacial score (nSPS) is 11.6. The Labute approximate surface area is 261 Å². The molecule has 2 heterocycles. The van der Waals surface area contributed by atoms with Crippen molar-refractivity contribution in [1.29, 1.82) is 0 Å². The summed E-state index contributed by atoms with van der Waals surface area (Å²) in [6.45, 7) is 0. The monoisotopic (exact) mass is 575 g/mol. The van der Waals surface area contributed by atoms with Crippen LogP contribution >= 0.6 is 0 Å². The smallest absolute Gasteiger partial charge is 0.0635 e. The number of benzene rings is 7. The molecule has 0 amide bonds. The highest BCUT2D eigenvalue weighted by atomic mass is 15.1. The molecule has 0 spiro atoms. The zero-order valence-corrected chi connectivity index (χ0v) is 24.6. The van der Waals surface area contributed by atoms with Gasteiger partial charge in [0.25, 0.3) is 0 Å². The summed E-state index contributed by atoms with van der Waals surface area (Å²) < 4.78 is 4.71. The number of anilines is 3. The van der Waals surface area contributed by atoms with E-state index in [4.69, 9.17) is 0 Å². The molecule has 0 aliphatic rings. The zero-order valence-electron chi connectivity index (χ0n) is 24.6. The average molecular weight is 576 g/mol. The third-order valence-corrected chi connectivity index (χ3v) is 8.89. The van der Waals surface area contributed by atoms with E-state index in [1.807, 2.05) is 0 Å². The van der Waals surface area contributed by atoms with E-state index in [1.165, 1.54) is 43.5 Å². The molecule has 0 saturated heterocycles. The Hall–Kier alpha value is -6.06. The van der Waals surface area contributed by atoms with Gasteiger partial charge < -0.3 is 14.0 Å². The number of nitrogens with zero attached hydrogens (tertiary/aromatic N) is 3. The van der Waals surface area contributed by atoms with Crippen LogP contribution in [-0.4, -0.2) is 9.13 Å². The minimum absolute atomic E-state index is 1.12. The molecular weight excluding hydrogens is 546 g/mol. The molecule has 0 bridgehead atoms. The second-order valence-electron chi connectivity index (χ2n) is 11.5. The lowest BCUT2D eigenvalue weighted by Gasteiger charge is -2.26. The summed E-state index contributed by atoms with van der Waals surface area (Å²) in [5, 5.41) is 6.15. The largest absolute Gasteiger partial charge is 0.316 e. The summed E-state index contributed by atoms with van der Waals surface area (Å²) in [5.74, 6) is 0. The van der Waals surface area contributed by atoms with Gasteiger partial charge in [0.15, 0.2) is 0 Å². The Kier molecular flexibility index (Phi) is 5.82. The average Bonchev–Trinajstić information content (AvgIpc) is 3.69. The predicted molar refractivity (Wildman–Crippen MR) is 190 cm³/mol. The van der Waals surface area contributed by atoms with Gasteiger partial charge in [0.1, 0.15) is 0 Å². The Morgan fingerprint density at radius 1 is 0.378 bits per heavy atom. The van der Waals surface area contributed by atoms with Gasteiger partial charge in [-0.15, -0.1) is 0 Å². The summed E-state index contributed by atoms with van der Waals surface area (Å²) in [7, 11) is 0. The molecule has 0 radical (unpaired) electrons. The van der Waals surface area contributed by atoms with Gasteiger partial charge in [-0.2, -0.15) is 0 Å². The first-order valence-corrected chi connectivity index (χ1v) is 15.4. The van der Waals surface area contributed by atoms with Crippen LogP contribution < -0.4 is 4.90 Å². The van der Waals surface area contributed by atoms with Crippen molar-refractivity contribution in [2.24, 2.45) is 0 Å². The number of fused-ring (bicyclic) bond motifs is 6. The first-order valence-electron chi connectivity index (χ1n) is 15.4. The van der Waals surface area contributed by atoms with Crippen LogP contribution in [0, 0.1) is 0 Å². The maximum absolute atomic E-state index is 2.43. The van der Waals surface area contributed by atoms with Gasteiger partial charge in [-0.05, 0) is 89.6 Å². The Morgan fingerprint density at radius 3 is 1.78 bits per heavy atom. The summed E-state index contributed by atoms with van der Waals surface area (Å²) in [6.07, 6.45) is 2.19. The van der Waals surface area contributed by atoms with E-state index in [9.17, 15) is 0 Å². The Bertz CT molecular complexity index is 2470. The molecule has 9 aromatic rings. The van der Waals surface area contributed by atoms with Crippen LogP contribution in [0.5, 0.6) is 0 Å². The highest BCUT2D eigenvalue weighted by Gasteiger charge is 2.20. The lowest BCUT2D eigenvalue weighted by atomic mass is 10.1. The molecule has 212 valence electrons. The van der Waals surface area contributed by atoms with Crippen molar-refractivity contribution in [2.75, 3.05) is 4.90 Å². The molecule has 2 aromatic heterocycles. The van der Waals surface area contributed by atoms with Gasteiger partial charge >= 0.3 is 0 Å². The van der Waals surface area contributed by atoms with Crippen LogP contribution in [0.4, 0.5) is 17.1 Å². The maximum Gasteiger partial charge on any atom is 0.0635 e. The second-order valence-corrected chi connectivity index (χ2v) is 11.5. The highest BCUT2D eigenvalue weighted by Crippen LogP contribution is 2.42. The minimum atomic E-state index is 1.12. The number of hydrogen-bond acceptors (Lipinski definition) is 1. The lowest BCUT2D eigenvalue weighted by Crippen LogP contribution is -2.09. The summed E-state index contributed by atoms with van der Waals surface area (Å²) in [4.78, 5) is 2.36. The van der Waals surface area contributed by atoms with Crippen molar-refractivity contribution < 1.29 is 0 Å². The zero-order chi connectivity index (χ0) is 29.7. The first-order chi connectivity index (χ1) is 22.3. The maximum atomic E-state index is 2.43. The lowest BCUT2D eigenvalue weighted by molar-refractivity contribution is 1.13. The van der Waals surface area contributed by atoms with Crippen molar-refractivity contribution in [3.63, 3.8) is 0 Å². The van der Waals surface area contributed by atoms with Crippen LogP contribution in [-0.2, 0) is 0 Å². The molecule has 0 saturated carbocycles. The fraction of sp³-hybridized carbons (Fsp3) is 0. The standard InChI is InChI=1S/C42H29N3/c1-4-14-32(15-5-1)43-27-26-38-40(43)25-23-37-39-29-36(22-24-41(39)45(42(37)38)34-18-8-3-9-19-34)44(33-16-6-2-7-17-33)35-21-20-30-12-10-11-13-31(30)28-35/h1-29H. The molecule has 3 nitrogen and oxygen atoms in total. The predicted octanol–water partition coefficient (Wildman–Crippen LogP) is 11.4. The van der Waals surface area contributed by atoms with Crippen LogP contribution in [0.1, 0.15) is 0 Å². The first kappa shape index (κ1) is 25.4. The summed E-state index contributed by atoms with van der Waals surface area (Å²) in [6, 6.07) is 61.0. The third-order valence-electron chi connectivity index (χ3n) is 8.89. The number of para-hydroxylation sites is 3. The molecular formula is C42H29N3. The molecule has 3 heteroatoms. The van der Waals surface area contributed by atoms with E-state index < -0.39 is 0 Å². The molecule has 0 aliphatic carbocycles. The second kappa shape index (κ2) is 10.3. The van der Waals surface area contributed by atoms with Crippen molar-refractivity contribution >= 4 is 60.5 Å². The quantitative estimate of drug-likeness (QED) is 0.199. The van der Waals surface area contributed by atoms with Crippen LogP contribution in [0.3, 0.4) is 0 Å². The molecule has 0 aliphatic heterocycles. The van der Waals surface area contributed by atoms with Gasteiger partial charge in [-0.1, -0.05) is 91.0 Å². The summed E-state index contributed by atoms with van der Waals surface area (Å²) >= 11 is 0. The Balaban J connectivity index is 1.32. The SMILES string of the molecule is c1ccc(N(c2ccc3ccccc3c2)c2ccc3c(c2)c2ccc4c(ccn4-c4ccccc4)c2n3-c2ccccc2)cc1. The van der Waals surface area contributed by atoms with E-state index in [-0.39, 0.29) is 0 Å². The van der Waals surface area contributed by atoms with Crippen molar-refractivity contribution in [3.8, 4) is 11.4 Å². The fourth-order valence-electron chi connectivity index (χ4n) is 6.85. The molecule has 45 heavy (non-hydrogen) atoms. The molecule has 0 unspecified atom stereocenters. The van der Waals surface area contributed by atoms with E-state index in [2.05, 4.69) is 190 Å². The molecule has 9 rings (SSSR count). The fourth-order valence-corrected chi connectivity index (χ4v) is 6.85. The topological polar surface area (TPSA) is 13.1 Å². The van der Waals surface area contributed by atoms with Crippen LogP contribution in [0.25, 0.3) is 54.9 Å².